The molecule has 0 aliphatic rings. The zero-order chi connectivity index (χ0) is 18.4. The summed E-state index contributed by atoms with van der Waals surface area (Å²) in [5.41, 5.74) is 1.06. The number of rotatable bonds is 7. The van der Waals surface area contributed by atoms with E-state index in [0.717, 1.165) is 5.56 Å². The molecule has 132 valence electrons. The summed E-state index contributed by atoms with van der Waals surface area (Å²) in [7, 11) is 0. The second kappa shape index (κ2) is 7.94. The molecule has 0 aliphatic carbocycles. The number of anilines is 1. The van der Waals surface area contributed by atoms with E-state index in [-0.39, 0.29) is 5.91 Å². The zero-order valence-corrected chi connectivity index (χ0v) is 14.7. The summed E-state index contributed by atoms with van der Waals surface area (Å²) in [5, 5.41) is 12.1. The van der Waals surface area contributed by atoms with E-state index in [2.05, 4.69) is 5.32 Å². The van der Waals surface area contributed by atoms with Gasteiger partial charge in [0.1, 0.15) is 0 Å². The Morgan fingerprint density at radius 1 is 1.08 bits per heavy atom. The quantitative estimate of drug-likeness (QED) is 0.804. The van der Waals surface area contributed by atoms with Crippen molar-refractivity contribution in [3.05, 3.63) is 65.7 Å². The molecule has 0 saturated heterocycles. The van der Waals surface area contributed by atoms with Gasteiger partial charge in [0.15, 0.2) is 6.10 Å². The van der Waals surface area contributed by atoms with Crippen LogP contribution in [0, 0.1) is 0 Å². The first-order valence-corrected chi connectivity index (χ1v) is 8.17. The molecule has 0 aromatic heterocycles. The minimum Gasteiger partial charge on any atom is -0.481 e. The molecule has 1 amide bonds. The van der Waals surface area contributed by atoms with E-state index in [1.807, 2.05) is 37.3 Å². The summed E-state index contributed by atoms with van der Waals surface area (Å²) >= 11 is 0. The monoisotopic (exact) mass is 341 g/mol. The van der Waals surface area contributed by atoms with Crippen LogP contribution in [-0.2, 0) is 19.7 Å². The van der Waals surface area contributed by atoms with E-state index in [1.165, 1.54) is 0 Å². The van der Waals surface area contributed by atoms with E-state index in [1.54, 1.807) is 38.1 Å². The van der Waals surface area contributed by atoms with Crippen LogP contribution in [0.15, 0.2) is 54.6 Å². The van der Waals surface area contributed by atoms with Gasteiger partial charge in [0.25, 0.3) is 5.91 Å². The lowest BCUT2D eigenvalue weighted by atomic mass is 9.85. The average Bonchev–Trinajstić information content (AvgIpc) is 2.60. The van der Waals surface area contributed by atoms with Crippen LogP contribution in [0.4, 0.5) is 5.69 Å². The number of carbonyl (C=O) groups excluding carboxylic acids is 1. The van der Waals surface area contributed by atoms with E-state index in [4.69, 9.17) is 4.74 Å². The highest BCUT2D eigenvalue weighted by Gasteiger charge is 2.29. The molecule has 2 N–H and O–H groups in total. The number of carboxylic acids is 1. The molecule has 5 heteroatoms. The number of carbonyl (C=O) groups is 2. The van der Waals surface area contributed by atoms with Gasteiger partial charge in [-0.1, -0.05) is 42.5 Å². The van der Waals surface area contributed by atoms with Gasteiger partial charge >= 0.3 is 5.97 Å². The van der Waals surface area contributed by atoms with E-state index < -0.39 is 17.5 Å². The number of hydrogen-bond acceptors (Lipinski definition) is 3. The Hall–Kier alpha value is -2.66. The molecule has 2 aromatic carbocycles. The molecule has 0 radical (unpaired) electrons. The lowest BCUT2D eigenvalue weighted by molar-refractivity contribution is -0.142. The number of carboxylic acid groups (broad SMARTS) is 1. The third kappa shape index (κ3) is 4.45. The average molecular weight is 341 g/mol. The van der Waals surface area contributed by atoms with Gasteiger partial charge in [-0.25, -0.2) is 0 Å². The van der Waals surface area contributed by atoms with Crippen molar-refractivity contribution in [1.29, 1.82) is 0 Å². The summed E-state index contributed by atoms with van der Waals surface area (Å²) < 4.78 is 5.58. The number of amides is 1. The number of ether oxygens (including phenoxy) is 1. The smallest absolute Gasteiger partial charge is 0.313 e. The third-order valence-corrected chi connectivity index (χ3v) is 4.08. The fourth-order valence-electron chi connectivity index (χ4n) is 2.42. The molecule has 1 atom stereocenters. The normalized spacial score (nSPS) is 12.4. The van der Waals surface area contributed by atoms with Crippen LogP contribution in [-0.4, -0.2) is 23.6 Å². The summed E-state index contributed by atoms with van der Waals surface area (Å²) in [4.78, 5) is 23.9. The molecule has 0 aliphatic heterocycles. The van der Waals surface area contributed by atoms with Crippen LogP contribution in [0.25, 0.3) is 0 Å². The van der Waals surface area contributed by atoms with Crippen molar-refractivity contribution in [2.45, 2.75) is 32.3 Å². The molecule has 0 fully saturated rings. The van der Waals surface area contributed by atoms with Crippen molar-refractivity contribution in [1.82, 2.24) is 0 Å². The maximum Gasteiger partial charge on any atom is 0.313 e. The van der Waals surface area contributed by atoms with Crippen molar-refractivity contribution in [2.24, 2.45) is 0 Å². The topological polar surface area (TPSA) is 75.6 Å². The number of hydrogen-bond donors (Lipinski definition) is 2. The van der Waals surface area contributed by atoms with Crippen LogP contribution in [0.5, 0.6) is 0 Å². The van der Waals surface area contributed by atoms with Gasteiger partial charge in [0.05, 0.1) is 5.41 Å². The fraction of sp³-hybridized carbons (Fsp3) is 0.300. The maximum atomic E-state index is 12.6. The minimum atomic E-state index is -0.986. The highest BCUT2D eigenvalue weighted by Crippen LogP contribution is 2.25. The molecule has 2 rings (SSSR count). The molecule has 25 heavy (non-hydrogen) atoms. The van der Waals surface area contributed by atoms with Crippen LogP contribution < -0.4 is 5.32 Å². The third-order valence-electron chi connectivity index (χ3n) is 4.08. The lowest BCUT2D eigenvalue weighted by Crippen LogP contribution is -2.28. The Labute approximate surface area is 147 Å². The molecular formula is C20H23NO4. The van der Waals surface area contributed by atoms with Gasteiger partial charge in [-0.05, 0) is 44.0 Å². The fourth-order valence-corrected chi connectivity index (χ4v) is 2.42. The molecular weight excluding hydrogens is 318 g/mol. The minimum absolute atomic E-state index is 0.265. The Kier molecular flexibility index (Phi) is 5.93. The largest absolute Gasteiger partial charge is 0.481 e. The van der Waals surface area contributed by atoms with Crippen LogP contribution >= 0.6 is 0 Å². The van der Waals surface area contributed by atoms with Gasteiger partial charge in [-0.15, -0.1) is 0 Å². The number of nitrogens with one attached hydrogen (secondary N) is 1. The Morgan fingerprint density at radius 3 is 2.20 bits per heavy atom. The maximum absolute atomic E-state index is 12.6. The van der Waals surface area contributed by atoms with Crippen LogP contribution in [0.3, 0.4) is 0 Å². The highest BCUT2D eigenvalue weighted by atomic mass is 16.5. The van der Waals surface area contributed by atoms with Crippen molar-refractivity contribution in [2.75, 3.05) is 11.9 Å². The van der Waals surface area contributed by atoms with Gasteiger partial charge in [-0.2, -0.15) is 0 Å². The molecule has 0 spiro atoms. The Balaban J connectivity index is 2.15. The standard InChI is InChI=1S/C20H23NO4/c1-4-25-17(14-8-6-5-7-9-14)18(22)21-16-12-10-15(11-13-16)20(2,3)19(23)24/h5-13,17H,4H2,1-3H3,(H,21,22)(H,23,24). The summed E-state index contributed by atoms with van der Waals surface area (Å²) in [5.74, 6) is -1.16. The lowest BCUT2D eigenvalue weighted by Gasteiger charge is -2.20. The van der Waals surface area contributed by atoms with Gasteiger partial charge in [-0.3, -0.25) is 9.59 Å². The molecule has 0 saturated carbocycles. The van der Waals surface area contributed by atoms with Gasteiger partial charge in [0.2, 0.25) is 0 Å². The zero-order valence-electron chi connectivity index (χ0n) is 14.7. The van der Waals surface area contributed by atoms with E-state index >= 15 is 0 Å². The second-order valence-electron chi connectivity index (χ2n) is 6.24. The first-order valence-electron chi connectivity index (χ1n) is 8.17. The molecule has 0 heterocycles. The highest BCUT2D eigenvalue weighted by molar-refractivity contribution is 5.95. The summed E-state index contributed by atoms with van der Waals surface area (Å²) in [6.45, 7) is 5.54. The van der Waals surface area contributed by atoms with Gasteiger partial charge < -0.3 is 15.2 Å². The Morgan fingerprint density at radius 2 is 1.68 bits per heavy atom. The van der Waals surface area contributed by atoms with Crippen molar-refractivity contribution in [3.63, 3.8) is 0 Å². The first kappa shape index (κ1) is 18.7. The predicted molar refractivity (Wildman–Crippen MR) is 96.5 cm³/mol. The van der Waals surface area contributed by atoms with Gasteiger partial charge in [0, 0.05) is 12.3 Å². The van der Waals surface area contributed by atoms with E-state index in [0.29, 0.717) is 17.9 Å². The Bertz CT molecular complexity index is 723. The molecule has 1 unspecified atom stereocenters. The van der Waals surface area contributed by atoms with E-state index in [9.17, 15) is 14.7 Å². The van der Waals surface area contributed by atoms with Crippen molar-refractivity contribution < 1.29 is 19.4 Å². The molecule has 0 bridgehead atoms. The van der Waals surface area contributed by atoms with Crippen LogP contribution in [0.1, 0.15) is 38.0 Å². The van der Waals surface area contributed by atoms with Crippen molar-refractivity contribution in [3.8, 4) is 0 Å². The number of aliphatic carboxylic acids is 1. The SMILES string of the molecule is CCOC(C(=O)Nc1ccc(C(C)(C)C(=O)O)cc1)c1ccccc1. The predicted octanol–water partition coefficient (Wildman–Crippen LogP) is 3.77. The first-order chi connectivity index (χ1) is 11.9. The second-order valence-corrected chi connectivity index (χ2v) is 6.24. The van der Waals surface area contributed by atoms with Crippen LogP contribution in [0.2, 0.25) is 0 Å². The molecule has 5 nitrogen and oxygen atoms in total. The molecule has 2 aromatic rings. The summed E-state index contributed by atoms with van der Waals surface area (Å²) in [6.07, 6.45) is -0.693. The van der Waals surface area contributed by atoms with Crippen molar-refractivity contribution >= 4 is 17.6 Å². The summed E-state index contributed by atoms with van der Waals surface area (Å²) in [6, 6.07) is 16.1. The number of benzene rings is 2.